The monoisotopic (exact) mass is 310 g/mol. The molecule has 2 aromatic rings. The van der Waals surface area contributed by atoms with E-state index in [4.69, 9.17) is 4.42 Å². The first-order valence-corrected chi connectivity index (χ1v) is 6.91. The molecule has 1 unspecified atom stereocenters. The van der Waals surface area contributed by atoms with Crippen LogP contribution in [0.2, 0.25) is 0 Å². The van der Waals surface area contributed by atoms with Crippen LogP contribution in [-0.2, 0) is 0 Å². The van der Waals surface area contributed by atoms with Crippen LogP contribution in [0.1, 0.15) is 23.3 Å². The minimum Gasteiger partial charge on any atom is -0.463 e. The van der Waals surface area contributed by atoms with E-state index >= 15 is 0 Å². The summed E-state index contributed by atoms with van der Waals surface area (Å²) >= 11 is 0. The predicted octanol–water partition coefficient (Wildman–Crippen LogP) is 1.82. The lowest BCUT2D eigenvalue weighted by molar-refractivity contribution is 0.0946. The first-order chi connectivity index (χ1) is 9.83. The number of hydrogen-bond acceptors (Lipinski definition) is 4. The number of halogens is 1. The topological polar surface area (TPSA) is 83.0 Å². The number of carbonyl (C=O) groups is 1. The van der Waals surface area contributed by atoms with Gasteiger partial charge in [0.05, 0.1) is 6.26 Å². The highest BCUT2D eigenvalue weighted by molar-refractivity contribution is 5.93. The maximum absolute atomic E-state index is 12.0. The van der Waals surface area contributed by atoms with E-state index in [9.17, 15) is 4.79 Å². The number of nitrogens with one attached hydrogen (secondary N) is 3. The molecule has 7 heteroatoms. The van der Waals surface area contributed by atoms with E-state index in [2.05, 4.69) is 20.8 Å². The second-order valence-electron chi connectivity index (χ2n) is 5.05. The number of furan rings is 1. The van der Waals surface area contributed by atoms with Crippen molar-refractivity contribution in [1.82, 2.24) is 20.8 Å². The summed E-state index contributed by atoms with van der Waals surface area (Å²) in [6, 6.07) is 5.32. The second kappa shape index (κ2) is 7.28. The molecule has 1 saturated heterocycles. The zero-order chi connectivity index (χ0) is 13.8. The first kappa shape index (κ1) is 15.6. The Hall–Kier alpha value is -1.79. The third-order valence-electron chi connectivity index (χ3n) is 3.60. The van der Waals surface area contributed by atoms with E-state index in [0.717, 1.165) is 19.5 Å². The Labute approximate surface area is 129 Å². The van der Waals surface area contributed by atoms with Crippen LogP contribution in [0.3, 0.4) is 0 Å². The summed E-state index contributed by atoms with van der Waals surface area (Å²) in [7, 11) is 0. The number of carbonyl (C=O) groups excluding carboxylic acids is 1. The van der Waals surface area contributed by atoms with Crippen LogP contribution in [-0.4, -0.2) is 35.7 Å². The van der Waals surface area contributed by atoms with Crippen molar-refractivity contribution in [3.05, 3.63) is 30.2 Å². The van der Waals surface area contributed by atoms with Crippen molar-refractivity contribution in [2.24, 2.45) is 5.92 Å². The number of hydrogen-bond donors (Lipinski definition) is 3. The second-order valence-corrected chi connectivity index (χ2v) is 5.05. The van der Waals surface area contributed by atoms with Crippen molar-refractivity contribution in [3.63, 3.8) is 0 Å². The lowest BCUT2D eigenvalue weighted by Crippen LogP contribution is -2.26. The summed E-state index contributed by atoms with van der Waals surface area (Å²) < 4.78 is 5.25. The standard InChI is InChI=1S/C14H18N4O2.ClH/c19-14(16-6-4-10-3-5-15-9-10)12-8-11(17-18-12)13-2-1-7-20-13;/h1-2,7-8,10,15H,3-6,9H2,(H,16,19)(H,17,18);1H. The molecule has 21 heavy (non-hydrogen) atoms. The molecular weight excluding hydrogens is 292 g/mol. The van der Waals surface area contributed by atoms with Crippen molar-refractivity contribution in [2.45, 2.75) is 12.8 Å². The zero-order valence-corrected chi connectivity index (χ0v) is 12.4. The Bertz CT molecular complexity index is 561. The van der Waals surface area contributed by atoms with E-state index in [1.54, 1.807) is 18.4 Å². The Morgan fingerprint density at radius 3 is 3.14 bits per heavy atom. The number of aromatic nitrogens is 2. The molecule has 1 aliphatic heterocycles. The lowest BCUT2D eigenvalue weighted by Gasteiger charge is -2.08. The van der Waals surface area contributed by atoms with Crippen LogP contribution >= 0.6 is 12.4 Å². The predicted molar refractivity (Wildman–Crippen MR) is 81.5 cm³/mol. The summed E-state index contributed by atoms with van der Waals surface area (Å²) in [4.78, 5) is 12.0. The van der Waals surface area contributed by atoms with Gasteiger partial charge in [0.15, 0.2) is 11.5 Å². The largest absolute Gasteiger partial charge is 0.463 e. The molecule has 1 amide bonds. The van der Waals surface area contributed by atoms with E-state index in [1.165, 1.54) is 6.42 Å². The van der Waals surface area contributed by atoms with Crippen LogP contribution in [0.4, 0.5) is 0 Å². The molecule has 0 bridgehead atoms. The van der Waals surface area contributed by atoms with Crippen molar-refractivity contribution in [3.8, 4) is 11.5 Å². The molecule has 114 valence electrons. The molecule has 0 aromatic carbocycles. The summed E-state index contributed by atoms with van der Waals surface area (Å²) in [6.45, 7) is 2.83. The fraction of sp³-hybridized carbons (Fsp3) is 0.429. The molecule has 0 saturated carbocycles. The van der Waals surface area contributed by atoms with Crippen LogP contribution < -0.4 is 10.6 Å². The van der Waals surface area contributed by atoms with Crippen molar-refractivity contribution >= 4 is 18.3 Å². The van der Waals surface area contributed by atoms with Crippen molar-refractivity contribution < 1.29 is 9.21 Å². The van der Waals surface area contributed by atoms with Gasteiger partial charge in [0.1, 0.15) is 5.69 Å². The molecule has 1 atom stereocenters. The Balaban J connectivity index is 0.00000161. The average Bonchev–Trinajstić information content (AvgIpc) is 3.20. The number of aromatic amines is 1. The van der Waals surface area contributed by atoms with Gasteiger partial charge in [-0.25, -0.2) is 0 Å². The van der Waals surface area contributed by atoms with Crippen LogP contribution in [0.25, 0.3) is 11.5 Å². The van der Waals surface area contributed by atoms with Gasteiger partial charge in [-0.15, -0.1) is 12.4 Å². The molecule has 0 aliphatic carbocycles. The van der Waals surface area contributed by atoms with Gasteiger partial charge in [-0.2, -0.15) is 5.10 Å². The highest BCUT2D eigenvalue weighted by Crippen LogP contribution is 2.17. The molecule has 6 nitrogen and oxygen atoms in total. The Morgan fingerprint density at radius 1 is 1.52 bits per heavy atom. The fourth-order valence-electron chi connectivity index (χ4n) is 2.44. The van der Waals surface area contributed by atoms with Gasteiger partial charge in [0.2, 0.25) is 0 Å². The molecule has 3 N–H and O–H groups in total. The summed E-state index contributed by atoms with van der Waals surface area (Å²) in [5, 5.41) is 13.0. The molecule has 0 spiro atoms. The van der Waals surface area contributed by atoms with Crippen LogP contribution in [0.5, 0.6) is 0 Å². The van der Waals surface area contributed by atoms with Gasteiger partial charge in [-0.05, 0) is 44.0 Å². The van der Waals surface area contributed by atoms with E-state index < -0.39 is 0 Å². The SMILES string of the molecule is Cl.O=C(NCCC1CCNC1)c1cc(-c2ccco2)[nH]n1. The minimum absolute atomic E-state index is 0. The van der Waals surface area contributed by atoms with E-state index in [-0.39, 0.29) is 18.3 Å². The third kappa shape index (κ3) is 3.86. The third-order valence-corrected chi connectivity index (χ3v) is 3.60. The molecule has 1 aliphatic rings. The summed E-state index contributed by atoms with van der Waals surface area (Å²) in [5.41, 5.74) is 1.10. The highest BCUT2D eigenvalue weighted by atomic mass is 35.5. The average molecular weight is 311 g/mol. The Kier molecular flexibility index (Phi) is 5.41. The zero-order valence-electron chi connectivity index (χ0n) is 11.6. The minimum atomic E-state index is -0.148. The summed E-state index contributed by atoms with van der Waals surface area (Å²) in [6.07, 6.45) is 3.79. The number of rotatable bonds is 5. The van der Waals surface area contributed by atoms with Gasteiger partial charge < -0.3 is 15.1 Å². The van der Waals surface area contributed by atoms with Crippen LogP contribution in [0.15, 0.2) is 28.9 Å². The molecule has 3 heterocycles. The maximum Gasteiger partial charge on any atom is 0.271 e. The highest BCUT2D eigenvalue weighted by Gasteiger charge is 2.16. The van der Waals surface area contributed by atoms with Crippen molar-refractivity contribution in [2.75, 3.05) is 19.6 Å². The smallest absolute Gasteiger partial charge is 0.271 e. The maximum atomic E-state index is 12.0. The van der Waals surface area contributed by atoms with E-state index in [0.29, 0.717) is 29.6 Å². The lowest BCUT2D eigenvalue weighted by atomic mass is 10.1. The Morgan fingerprint density at radius 2 is 2.43 bits per heavy atom. The van der Waals surface area contributed by atoms with Gasteiger partial charge in [0, 0.05) is 12.6 Å². The molecule has 3 rings (SSSR count). The van der Waals surface area contributed by atoms with Gasteiger partial charge >= 0.3 is 0 Å². The number of amides is 1. The molecule has 2 aromatic heterocycles. The molecule has 0 radical (unpaired) electrons. The van der Waals surface area contributed by atoms with Gasteiger partial charge in [0.25, 0.3) is 5.91 Å². The fourth-order valence-corrected chi connectivity index (χ4v) is 2.44. The normalized spacial score (nSPS) is 17.4. The summed E-state index contributed by atoms with van der Waals surface area (Å²) in [5.74, 6) is 1.20. The van der Waals surface area contributed by atoms with Gasteiger partial charge in [-0.3, -0.25) is 9.89 Å². The quantitative estimate of drug-likeness (QED) is 0.786. The number of H-pyrrole nitrogens is 1. The first-order valence-electron chi connectivity index (χ1n) is 6.91. The molecule has 1 fully saturated rings. The van der Waals surface area contributed by atoms with Gasteiger partial charge in [-0.1, -0.05) is 0 Å². The number of nitrogens with zero attached hydrogens (tertiary/aromatic N) is 1. The van der Waals surface area contributed by atoms with E-state index in [1.807, 2.05) is 6.07 Å². The van der Waals surface area contributed by atoms with Crippen molar-refractivity contribution in [1.29, 1.82) is 0 Å². The molecular formula is C14H19ClN4O2. The van der Waals surface area contributed by atoms with Crippen LogP contribution in [0, 0.1) is 5.92 Å².